The third-order valence-corrected chi connectivity index (χ3v) is 4.71. The van der Waals surface area contributed by atoms with Crippen molar-refractivity contribution in [3.8, 4) is 6.07 Å². The minimum Gasteiger partial charge on any atom is -0.361 e. The highest BCUT2D eigenvalue weighted by Gasteiger charge is 2.15. The van der Waals surface area contributed by atoms with E-state index in [9.17, 15) is 10.1 Å². The van der Waals surface area contributed by atoms with Gasteiger partial charge in [-0.3, -0.25) is 9.20 Å². The number of nitrogens with one attached hydrogen (secondary N) is 1. The Morgan fingerprint density at radius 2 is 1.81 bits per heavy atom. The van der Waals surface area contributed by atoms with Gasteiger partial charge < -0.3 is 5.32 Å². The summed E-state index contributed by atoms with van der Waals surface area (Å²) in [7, 11) is 0. The quantitative estimate of drug-likeness (QED) is 0.600. The lowest BCUT2D eigenvalue weighted by Crippen LogP contribution is -2.34. The van der Waals surface area contributed by atoms with Crippen molar-refractivity contribution in [3.05, 3.63) is 80.3 Å². The molecule has 0 spiro atoms. The predicted octanol–water partition coefficient (Wildman–Crippen LogP) is 3.21. The molecule has 0 atom stereocenters. The number of benzene rings is 2. The second-order valence-corrected chi connectivity index (χ2v) is 6.76. The molecule has 2 heterocycles. The number of anilines is 1. The van der Waals surface area contributed by atoms with Gasteiger partial charge in [-0.2, -0.15) is 5.26 Å². The van der Waals surface area contributed by atoms with Gasteiger partial charge in [-0.15, -0.1) is 0 Å². The molecule has 0 amide bonds. The topological polar surface area (TPSA) is 70.2 Å². The normalized spacial score (nSPS) is 11.9. The first kappa shape index (κ1) is 16.8. The van der Waals surface area contributed by atoms with E-state index < -0.39 is 0 Å². The van der Waals surface area contributed by atoms with E-state index in [1.807, 2.05) is 50.2 Å². The maximum atomic E-state index is 13.2. The van der Waals surface area contributed by atoms with Crippen molar-refractivity contribution >= 4 is 28.6 Å². The van der Waals surface area contributed by atoms with Crippen LogP contribution in [0.2, 0.25) is 0 Å². The summed E-state index contributed by atoms with van der Waals surface area (Å²) in [6, 6.07) is 15.7. The maximum Gasteiger partial charge on any atom is 0.265 e. The van der Waals surface area contributed by atoms with Crippen LogP contribution in [0.1, 0.15) is 22.3 Å². The Bertz CT molecular complexity index is 1340. The number of aromatic nitrogens is 2. The number of nitriles is 1. The minimum absolute atomic E-state index is 0.188. The van der Waals surface area contributed by atoms with Gasteiger partial charge in [-0.25, -0.2) is 4.98 Å². The van der Waals surface area contributed by atoms with Crippen LogP contribution < -0.4 is 16.1 Å². The molecule has 5 nitrogen and oxygen atoms in total. The number of fused-ring (bicyclic) bond motifs is 3. The molecule has 0 fully saturated rings. The summed E-state index contributed by atoms with van der Waals surface area (Å²) in [6.45, 7) is 5.84. The van der Waals surface area contributed by atoms with Crippen molar-refractivity contribution in [1.29, 1.82) is 5.26 Å². The summed E-state index contributed by atoms with van der Waals surface area (Å²) in [6.07, 6.45) is 1.68. The van der Waals surface area contributed by atoms with Crippen LogP contribution >= 0.6 is 0 Å². The second kappa shape index (κ2) is 6.26. The molecular weight excluding hydrogens is 336 g/mol. The standard InChI is InChI=1S/C22H18N4O/c1-13-8-14(2)10-16(9-13)24-12-18-15(3)17(11-23)21-25-19-6-4-5-7-20(19)26(21)22(18)27/h4-10,12,24H,1-3H3/b18-12+. The van der Waals surface area contributed by atoms with Crippen LogP contribution in [0.4, 0.5) is 5.69 Å². The largest absolute Gasteiger partial charge is 0.361 e. The molecule has 0 bridgehead atoms. The highest BCUT2D eigenvalue weighted by Crippen LogP contribution is 2.18. The smallest absolute Gasteiger partial charge is 0.265 e. The molecular formula is C22H18N4O. The van der Waals surface area contributed by atoms with E-state index in [-0.39, 0.29) is 5.56 Å². The lowest BCUT2D eigenvalue weighted by atomic mass is 10.1. The van der Waals surface area contributed by atoms with Crippen LogP contribution in [-0.4, -0.2) is 9.38 Å². The predicted molar refractivity (Wildman–Crippen MR) is 108 cm³/mol. The van der Waals surface area contributed by atoms with Gasteiger partial charge in [-0.05, 0) is 61.7 Å². The lowest BCUT2D eigenvalue weighted by molar-refractivity contribution is 1.10. The van der Waals surface area contributed by atoms with Gasteiger partial charge in [-0.1, -0.05) is 18.2 Å². The van der Waals surface area contributed by atoms with Gasteiger partial charge in [0.05, 0.1) is 21.8 Å². The zero-order chi connectivity index (χ0) is 19.1. The van der Waals surface area contributed by atoms with Crippen molar-refractivity contribution in [3.63, 3.8) is 0 Å². The number of rotatable bonds is 2. The SMILES string of the molecule is Cc1cc(C)cc(N/C=c2\c(C)c(C#N)c3nc4ccccc4n3c2=O)c1. The third-order valence-electron chi connectivity index (χ3n) is 4.71. The number of hydrogen-bond acceptors (Lipinski definition) is 4. The Hall–Kier alpha value is -3.65. The molecule has 0 radical (unpaired) electrons. The molecule has 0 aliphatic carbocycles. The van der Waals surface area contributed by atoms with Crippen LogP contribution in [0, 0.1) is 32.1 Å². The number of hydrogen-bond donors (Lipinski definition) is 1. The fourth-order valence-corrected chi connectivity index (χ4v) is 3.50. The zero-order valence-electron chi connectivity index (χ0n) is 15.4. The number of imidazole rings is 1. The molecule has 5 heteroatoms. The highest BCUT2D eigenvalue weighted by atomic mass is 16.1. The second-order valence-electron chi connectivity index (χ2n) is 6.76. The van der Waals surface area contributed by atoms with Gasteiger partial charge in [0.15, 0.2) is 5.65 Å². The fourth-order valence-electron chi connectivity index (χ4n) is 3.50. The Kier molecular flexibility index (Phi) is 3.89. The van der Waals surface area contributed by atoms with Crippen molar-refractivity contribution in [2.24, 2.45) is 0 Å². The molecule has 2 aromatic heterocycles. The molecule has 27 heavy (non-hydrogen) atoms. The molecule has 0 aliphatic heterocycles. The average Bonchev–Trinajstić information content (AvgIpc) is 3.00. The molecule has 4 aromatic rings. The van der Waals surface area contributed by atoms with E-state index in [2.05, 4.69) is 22.4 Å². The first-order chi connectivity index (χ1) is 13.0. The van der Waals surface area contributed by atoms with Crippen LogP contribution in [0.5, 0.6) is 0 Å². The average molecular weight is 354 g/mol. The molecule has 0 aliphatic rings. The Morgan fingerprint density at radius 3 is 2.52 bits per heavy atom. The summed E-state index contributed by atoms with van der Waals surface area (Å²) in [5.41, 5.74) is 5.84. The van der Waals surface area contributed by atoms with Crippen molar-refractivity contribution in [1.82, 2.24) is 9.38 Å². The summed E-state index contributed by atoms with van der Waals surface area (Å²) >= 11 is 0. The molecule has 1 N–H and O–H groups in total. The van der Waals surface area contributed by atoms with Gasteiger partial charge in [0.2, 0.25) is 0 Å². The summed E-state index contributed by atoms with van der Waals surface area (Å²) in [4.78, 5) is 17.7. The zero-order valence-corrected chi connectivity index (χ0v) is 15.4. The fraction of sp³-hybridized carbons (Fsp3) is 0.136. The van der Waals surface area contributed by atoms with E-state index in [1.165, 1.54) is 4.40 Å². The Balaban J connectivity index is 2.02. The molecule has 132 valence electrons. The number of nitrogens with zero attached hydrogens (tertiary/aromatic N) is 3. The van der Waals surface area contributed by atoms with Gasteiger partial charge >= 0.3 is 0 Å². The third kappa shape index (κ3) is 2.72. The molecule has 2 aromatic carbocycles. The first-order valence-electron chi connectivity index (χ1n) is 8.68. The van der Waals surface area contributed by atoms with Crippen LogP contribution in [0.3, 0.4) is 0 Å². The monoisotopic (exact) mass is 354 g/mol. The number of pyridine rings is 1. The Morgan fingerprint density at radius 1 is 1.11 bits per heavy atom. The summed E-state index contributed by atoms with van der Waals surface area (Å²) < 4.78 is 1.52. The minimum atomic E-state index is -0.188. The van der Waals surface area contributed by atoms with Crippen molar-refractivity contribution < 1.29 is 0 Å². The van der Waals surface area contributed by atoms with E-state index in [1.54, 1.807) is 13.1 Å². The van der Waals surface area contributed by atoms with E-state index in [0.717, 1.165) is 16.8 Å². The van der Waals surface area contributed by atoms with Crippen LogP contribution in [-0.2, 0) is 0 Å². The molecule has 0 saturated heterocycles. The van der Waals surface area contributed by atoms with Crippen LogP contribution in [0.25, 0.3) is 22.9 Å². The molecule has 0 saturated carbocycles. The lowest BCUT2D eigenvalue weighted by Gasteiger charge is -2.06. The van der Waals surface area contributed by atoms with Gasteiger partial charge in [0.25, 0.3) is 5.56 Å². The summed E-state index contributed by atoms with van der Waals surface area (Å²) in [5, 5.41) is 13.3. The highest BCUT2D eigenvalue weighted by molar-refractivity contribution is 5.82. The van der Waals surface area contributed by atoms with Crippen molar-refractivity contribution in [2.75, 3.05) is 5.32 Å². The Labute approximate surface area is 156 Å². The number of aryl methyl sites for hydroxylation is 2. The van der Waals surface area contributed by atoms with E-state index >= 15 is 0 Å². The van der Waals surface area contributed by atoms with E-state index in [4.69, 9.17) is 0 Å². The first-order valence-corrected chi connectivity index (χ1v) is 8.68. The van der Waals surface area contributed by atoms with Crippen LogP contribution in [0.15, 0.2) is 47.3 Å². The summed E-state index contributed by atoms with van der Waals surface area (Å²) in [5.74, 6) is 0. The van der Waals surface area contributed by atoms with Gasteiger partial charge in [0, 0.05) is 11.9 Å². The van der Waals surface area contributed by atoms with Gasteiger partial charge in [0.1, 0.15) is 6.07 Å². The molecule has 4 rings (SSSR count). The molecule has 0 unspecified atom stereocenters. The number of para-hydroxylation sites is 2. The maximum absolute atomic E-state index is 13.2. The van der Waals surface area contributed by atoms with Crippen molar-refractivity contribution in [2.45, 2.75) is 20.8 Å². The van der Waals surface area contributed by atoms with E-state index in [0.29, 0.717) is 33.0 Å².